The Bertz CT molecular complexity index is 504. The van der Waals surface area contributed by atoms with Crippen LogP contribution in [0.1, 0.15) is 43.1 Å². The van der Waals surface area contributed by atoms with Crippen LogP contribution >= 0.6 is 0 Å². The number of ether oxygens (including phenoxy) is 2. The maximum Gasteiger partial charge on any atom is 0.305 e. The topological polar surface area (TPSA) is 81.8 Å². The Balaban J connectivity index is 2.42. The Kier molecular flexibility index (Phi) is 4.44. The van der Waals surface area contributed by atoms with E-state index >= 15 is 0 Å². The number of fused-ring (bicyclic) bond motifs is 1. The Hall–Kier alpha value is -1.82. The summed E-state index contributed by atoms with van der Waals surface area (Å²) in [5, 5.41) is 8.83. The standard InChI is InChI=1S/C14H18FNO4/c1-8(15)9-5-12-13(20-4-2-3-19-12)6-10(9)11(16)7-14(17)18/h5-6,8,11H,2-4,7,16H2,1H3,(H,17,18). The molecule has 2 rings (SSSR count). The number of carboxylic acids is 1. The average molecular weight is 283 g/mol. The molecule has 2 atom stereocenters. The van der Waals surface area contributed by atoms with Crippen molar-refractivity contribution in [2.45, 2.75) is 32.0 Å². The Labute approximate surface area is 116 Å². The van der Waals surface area contributed by atoms with Crippen molar-refractivity contribution in [3.63, 3.8) is 0 Å². The van der Waals surface area contributed by atoms with Crippen LogP contribution in [0.25, 0.3) is 0 Å². The van der Waals surface area contributed by atoms with Gasteiger partial charge in [-0.25, -0.2) is 4.39 Å². The summed E-state index contributed by atoms with van der Waals surface area (Å²) in [5.74, 6) is -0.0573. The van der Waals surface area contributed by atoms with E-state index in [9.17, 15) is 9.18 Å². The largest absolute Gasteiger partial charge is 0.490 e. The Morgan fingerprint density at radius 1 is 1.35 bits per heavy atom. The molecule has 2 unspecified atom stereocenters. The van der Waals surface area contributed by atoms with Crippen molar-refractivity contribution in [2.75, 3.05) is 13.2 Å². The number of aliphatic carboxylic acids is 1. The van der Waals surface area contributed by atoms with E-state index in [2.05, 4.69) is 0 Å². The lowest BCUT2D eigenvalue weighted by atomic mass is 9.95. The molecule has 0 amide bonds. The second-order valence-electron chi connectivity index (χ2n) is 4.80. The lowest BCUT2D eigenvalue weighted by molar-refractivity contribution is -0.137. The molecule has 0 aliphatic carbocycles. The second-order valence-corrected chi connectivity index (χ2v) is 4.80. The van der Waals surface area contributed by atoms with E-state index in [1.807, 2.05) is 0 Å². The van der Waals surface area contributed by atoms with Gasteiger partial charge in [-0.05, 0) is 30.2 Å². The highest BCUT2D eigenvalue weighted by Crippen LogP contribution is 2.38. The van der Waals surface area contributed by atoms with Gasteiger partial charge in [-0.1, -0.05) is 0 Å². The van der Waals surface area contributed by atoms with E-state index in [-0.39, 0.29) is 6.42 Å². The summed E-state index contributed by atoms with van der Waals surface area (Å²) in [6, 6.07) is 2.38. The van der Waals surface area contributed by atoms with E-state index in [0.717, 1.165) is 6.42 Å². The van der Waals surface area contributed by atoms with Crippen LogP contribution in [0.4, 0.5) is 4.39 Å². The van der Waals surface area contributed by atoms with Gasteiger partial charge in [0.05, 0.1) is 19.6 Å². The van der Waals surface area contributed by atoms with E-state index < -0.39 is 18.2 Å². The minimum atomic E-state index is -1.26. The third-order valence-corrected chi connectivity index (χ3v) is 3.18. The van der Waals surface area contributed by atoms with Gasteiger partial charge in [-0.3, -0.25) is 4.79 Å². The number of halogens is 1. The molecule has 0 saturated heterocycles. The highest BCUT2D eigenvalue weighted by Gasteiger charge is 2.22. The highest BCUT2D eigenvalue weighted by atomic mass is 19.1. The molecule has 0 spiro atoms. The number of carboxylic acid groups (broad SMARTS) is 1. The molecule has 1 aliphatic heterocycles. The number of carbonyl (C=O) groups is 1. The molecule has 5 nitrogen and oxygen atoms in total. The molecule has 0 fully saturated rings. The van der Waals surface area contributed by atoms with E-state index in [4.69, 9.17) is 20.3 Å². The zero-order valence-corrected chi connectivity index (χ0v) is 11.3. The molecular formula is C14H18FNO4. The van der Waals surface area contributed by atoms with Gasteiger partial charge >= 0.3 is 5.97 Å². The maximum absolute atomic E-state index is 13.8. The van der Waals surface area contributed by atoms with Crippen LogP contribution in [0.5, 0.6) is 11.5 Å². The van der Waals surface area contributed by atoms with Crippen LogP contribution in [0, 0.1) is 0 Å². The van der Waals surface area contributed by atoms with E-state index in [1.165, 1.54) is 6.92 Å². The molecule has 1 aromatic rings. The Morgan fingerprint density at radius 3 is 2.40 bits per heavy atom. The van der Waals surface area contributed by atoms with Crippen molar-refractivity contribution in [2.24, 2.45) is 5.73 Å². The highest BCUT2D eigenvalue weighted by molar-refractivity contribution is 5.68. The predicted molar refractivity (Wildman–Crippen MR) is 70.8 cm³/mol. The monoisotopic (exact) mass is 283 g/mol. The van der Waals surface area contributed by atoms with Crippen LogP contribution in [-0.4, -0.2) is 24.3 Å². The van der Waals surface area contributed by atoms with Gasteiger partial charge in [0.2, 0.25) is 0 Å². The molecule has 0 radical (unpaired) electrons. The smallest absolute Gasteiger partial charge is 0.305 e. The lowest BCUT2D eigenvalue weighted by Crippen LogP contribution is -2.17. The molecule has 1 aromatic carbocycles. The number of alkyl halides is 1. The van der Waals surface area contributed by atoms with Crippen LogP contribution in [0.2, 0.25) is 0 Å². The van der Waals surface area contributed by atoms with Gasteiger partial charge in [0.1, 0.15) is 6.17 Å². The van der Waals surface area contributed by atoms with Crippen LogP contribution in [-0.2, 0) is 4.79 Å². The van der Waals surface area contributed by atoms with Crippen molar-refractivity contribution >= 4 is 5.97 Å². The van der Waals surface area contributed by atoms with Crippen molar-refractivity contribution < 1.29 is 23.8 Å². The van der Waals surface area contributed by atoms with Crippen LogP contribution < -0.4 is 15.2 Å². The number of hydrogen-bond donors (Lipinski definition) is 2. The molecular weight excluding hydrogens is 265 g/mol. The number of rotatable bonds is 4. The van der Waals surface area contributed by atoms with Gasteiger partial charge < -0.3 is 20.3 Å². The first-order chi connectivity index (χ1) is 9.49. The fraction of sp³-hybridized carbons (Fsp3) is 0.500. The zero-order valence-electron chi connectivity index (χ0n) is 11.3. The molecule has 20 heavy (non-hydrogen) atoms. The van der Waals surface area contributed by atoms with Crippen LogP contribution in [0.3, 0.4) is 0 Å². The molecule has 0 bridgehead atoms. The summed E-state index contributed by atoms with van der Waals surface area (Å²) in [6.45, 7) is 2.40. The van der Waals surface area contributed by atoms with Crippen molar-refractivity contribution in [1.82, 2.24) is 0 Å². The quantitative estimate of drug-likeness (QED) is 0.886. The lowest BCUT2D eigenvalue weighted by Gasteiger charge is -2.19. The summed E-state index contributed by atoms with van der Waals surface area (Å²) in [4.78, 5) is 10.8. The summed E-state index contributed by atoms with van der Waals surface area (Å²) < 4.78 is 24.8. The molecule has 110 valence electrons. The number of nitrogens with two attached hydrogens (primary N) is 1. The summed E-state index contributed by atoms with van der Waals surface area (Å²) in [7, 11) is 0. The van der Waals surface area contributed by atoms with Crippen LogP contribution in [0.15, 0.2) is 12.1 Å². The molecule has 6 heteroatoms. The first-order valence-corrected chi connectivity index (χ1v) is 6.54. The Morgan fingerprint density at radius 2 is 1.90 bits per heavy atom. The molecule has 1 heterocycles. The fourth-order valence-electron chi connectivity index (χ4n) is 2.20. The maximum atomic E-state index is 13.8. The third-order valence-electron chi connectivity index (χ3n) is 3.18. The average Bonchev–Trinajstić information content (AvgIpc) is 2.60. The molecule has 3 N–H and O–H groups in total. The normalized spacial score (nSPS) is 17.1. The zero-order chi connectivity index (χ0) is 14.7. The minimum Gasteiger partial charge on any atom is -0.490 e. The van der Waals surface area contributed by atoms with Gasteiger partial charge in [0, 0.05) is 12.5 Å². The van der Waals surface area contributed by atoms with E-state index in [1.54, 1.807) is 12.1 Å². The second kappa shape index (κ2) is 6.09. The molecule has 1 aliphatic rings. The fourth-order valence-corrected chi connectivity index (χ4v) is 2.20. The molecule has 0 aromatic heterocycles. The predicted octanol–water partition coefficient (Wildman–Crippen LogP) is 2.35. The van der Waals surface area contributed by atoms with Crippen molar-refractivity contribution in [3.05, 3.63) is 23.3 Å². The van der Waals surface area contributed by atoms with Crippen molar-refractivity contribution in [1.29, 1.82) is 0 Å². The summed E-state index contributed by atoms with van der Waals surface area (Å²) in [6.07, 6.45) is -0.785. The summed E-state index contributed by atoms with van der Waals surface area (Å²) >= 11 is 0. The van der Waals surface area contributed by atoms with E-state index in [0.29, 0.717) is 35.8 Å². The van der Waals surface area contributed by atoms with Crippen molar-refractivity contribution in [3.8, 4) is 11.5 Å². The van der Waals surface area contributed by atoms with Gasteiger partial charge in [-0.2, -0.15) is 0 Å². The van der Waals surface area contributed by atoms with Gasteiger partial charge in [0.25, 0.3) is 0 Å². The third kappa shape index (κ3) is 3.19. The first kappa shape index (κ1) is 14.6. The molecule has 0 saturated carbocycles. The number of hydrogen-bond acceptors (Lipinski definition) is 4. The van der Waals surface area contributed by atoms with Gasteiger partial charge in [0.15, 0.2) is 11.5 Å². The minimum absolute atomic E-state index is 0.265. The summed E-state index contributed by atoms with van der Waals surface area (Å²) in [5.41, 5.74) is 6.66. The SMILES string of the molecule is CC(F)c1cc2c(cc1C(N)CC(=O)O)OCCCO2. The number of benzene rings is 1. The first-order valence-electron chi connectivity index (χ1n) is 6.54. The van der Waals surface area contributed by atoms with Gasteiger partial charge in [-0.15, -0.1) is 0 Å².